The molecule has 4 nitrogen and oxygen atoms in total. The molecule has 0 radical (unpaired) electrons. The van der Waals surface area contributed by atoms with E-state index in [1.54, 1.807) is 22.9 Å². The average molecular weight is 288 g/mol. The number of nitrogens with zero attached hydrogens (tertiary/aromatic N) is 1. The molecule has 18 heavy (non-hydrogen) atoms. The first-order valence-corrected chi connectivity index (χ1v) is 6.01. The summed E-state index contributed by atoms with van der Waals surface area (Å²) in [6, 6.07) is 3.34. The van der Waals surface area contributed by atoms with Crippen LogP contribution in [0.4, 0.5) is 0 Å². The molecule has 0 spiro atoms. The van der Waals surface area contributed by atoms with Gasteiger partial charge in [-0.1, -0.05) is 29.3 Å². The van der Waals surface area contributed by atoms with Crippen molar-refractivity contribution in [1.82, 2.24) is 4.57 Å². The van der Waals surface area contributed by atoms with Crippen LogP contribution >= 0.6 is 23.2 Å². The van der Waals surface area contributed by atoms with Crippen LogP contribution in [0.25, 0.3) is 10.9 Å². The molecule has 6 heteroatoms. The summed E-state index contributed by atoms with van der Waals surface area (Å²) in [6.45, 7) is 0.265. The molecule has 2 rings (SSSR count). The van der Waals surface area contributed by atoms with Gasteiger partial charge in [0.1, 0.15) is 0 Å². The van der Waals surface area contributed by atoms with E-state index in [0.717, 1.165) is 0 Å². The predicted octanol–water partition coefficient (Wildman–Crippen LogP) is 2.73. The lowest BCUT2D eigenvalue weighted by atomic mass is 10.2. The van der Waals surface area contributed by atoms with Gasteiger partial charge in [-0.25, -0.2) is 4.79 Å². The summed E-state index contributed by atoms with van der Waals surface area (Å²) < 4.78 is 6.41. The molecule has 0 aliphatic carbocycles. The van der Waals surface area contributed by atoms with Crippen LogP contribution in [0.5, 0.6) is 0 Å². The molecule has 0 aliphatic heterocycles. The number of ether oxygens (including phenoxy) is 1. The molecule has 1 aromatic heterocycles. The molecule has 96 valence electrons. The highest BCUT2D eigenvalue weighted by Gasteiger charge is 2.18. The lowest BCUT2D eigenvalue weighted by Gasteiger charge is -2.05. The van der Waals surface area contributed by atoms with Crippen LogP contribution < -0.4 is 0 Å². The van der Waals surface area contributed by atoms with E-state index in [0.29, 0.717) is 33.1 Å². The van der Waals surface area contributed by atoms with Crippen molar-refractivity contribution < 1.29 is 14.6 Å². The number of methoxy groups -OCH3 is 1. The Morgan fingerprint density at radius 2 is 2.17 bits per heavy atom. The second kappa shape index (κ2) is 5.18. The van der Waals surface area contributed by atoms with E-state index in [-0.39, 0.29) is 6.61 Å². The largest absolute Gasteiger partial charge is 0.465 e. The van der Waals surface area contributed by atoms with Gasteiger partial charge in [0, 0.05) is 18.1 Å². The average Bonchev–Trinajstić information content (AvgIpc) is 2.73. The van der Waals surface area contributed by atoms with Gasteiger partial charge in [-0.3, -0.25) is 0 Å². The van der Waals surface area contributed by atoms with E-state index < -0.39 is 5.97 Å². The Hall–Kier alpha value is -1.23. The molecule has 0 saturated heterocycles. The normalized spacial score (nSPS) is 10.9. The minimum Gasteiger partial charge on any atom is -0.465 e. The predicted molar refractivity (Wildman–Crippen MR) is 70.4 cm³/mol. The van der Waals surface area contributed by atoms with E-state index in [1.165, 1.54) is 7.11 Å². The van der Waals surface area contributed by atoms with Gasteiger partial charge in [0.15, 0.2) is 0 Å². The lowest BCUT2D eigenvalue weighted by molar-refractivity contribution is 0.0602. The topological polar surface area (TPSA) is 51.5 Å². The minimum absolute atomic E-state index is 0.0623. The van der Waals surface area contributed by atoms with E-state index in [1.807, 2.05) is 0 Å². The number of fused-ring (bicyclic) bond motifs is 1. The van der Waals surface area contributed by atoms with Crippen molar-refractivity contribution in [2.75, 3.05) is 13.7 Å². The van der Waals surface area contributed by atoms with Gasteiger partial charge in [0.05, 0.1) is 34.8 Å². The number of carbonyl (C=O) groups is 1. The molecule has 1 aromatic carbocycles. The zero-order chi connectivity index (χ0) is 13.3. The number of hydrogen-bond acceptors (Lipinski definition) is 3. The zero-order valence-corrected chi connectivity index (χ0v) is 11.1. The van der Waals surface area contributed by atoms with Crippen LogP contribution in [0.1, 0.15) is 10.4 Å². The second-order valence-corrected chi connectivity index (χ2v) is 4.49. The van der Waals surface area contributed by atoms with Gasteiger partial charge >= 0.3 is 5.97 Å². The third-order valence-corrected chi connectivity index (χ3v) is 3.47. The standard InChI is InChI=1S/C12H11Cl2NO3/c1-18-12(17)8-6-15(4-5-16)11-7(8)2-3-9(13)10(11)14/h2-3,6,16H,4-5H2,1H3. The third-order valence-electron chi connectivity index (χ3n) is 2.68. The number of carbonyl (C=O) groups excluding carboxylic acids is 1. The molecule has 0 atom stereocenters. The van der Waals surface area contributed by atoms with Gasteiger partial charge < -0.3 is 14.4 Å². The molecule has 1 N–H and O–H groups in total. The molecular formula is C12H11Cl2NO3. The number of aliphatic hydroxyl groups excluding tert-OH is 1. The smallest absolute Gasteiger partial charge is 0.340 e. The number of halogens is 2. The number of rotatable bonds is 3. The highest BCUT2D eigenvalue weighted by Crippen LogP contribution is 2.33. The highest BCUT2D eigenvalue weighted by molar-refractivity contribution is 6.45. The summed E-state index contributed by atoms with van der Waals surface area (Å²) >= 11 is 12.1. The van der Waals surface area contributed by atoms with Crippen molar-refractivity contribution >= 4 is 40.1 Å². The lowest BCUT2D eigenvalue weighted by Crippen LogP contribution is -2.02. The Labute approximate surface area is 114 Å². The Kier molecular flexibility index (Phi) is 3.80. The Balaban J connectivity index is 2.76. The second-order valence-electron chi connectivity index (χ2n) is 3.71. The molecular weight excluding hydrogens is 277 g/mol. The summed E-state index contributed by atoms with van der Waals surface area (Å²) in [5.74, 6) is -0.449. The van der Waals surface area contributed by atoms with Crippen LogP contribution in [-0.4, -0.2) is 29.4 Å². The van der Waals surface area contributed by atoms with Crippen LogP contribution in [0.2, 0.25) is 10.0 Å². The SMILES string of the molecule is COC(=O)c1cn(CCO)c2c(Cl)c(Cl)ccc12. The number of benzene rings is 1. The van der Waals surface area contributed by atoms with E-state index >= 15 is 0 Å². The summed E-state index contributed by atoms with van der Waals surface area (Å²) in [7, 11) is 1.31. The molecule has 0 saturated carbocycles. The first kappa shape index (κ1) is 13.2. The van der Waals surface area contributed by atoms with Crippen molar-refractivity contribution in [2.45, 2.75) is 6.54 Å². The van der Waals surface area contributed by atoms with E-state index in [9.17, 15) is 4.79 Å². The first-order valence-electron chi connectivity index (χ1n) is 5.26. The number of aromatic nitrogens is 1. The van der Waals surface area contributed by atoms with Crippen molar-refractivity contribution in [3.05, 3.63) is 33.9 Å². The first-order chi connectivity index (χ1) is 8.60. The molecule has 0 fully saturated rings. The Bertz CT molecular complexity index is 607. The summed E-state index contributed by atoms with van der Waals surface area (Å²) in [6.07, 6.45) is 1.61. The molecule has 2 aromatic rings. The Morgan fingerprint density at radius 1 is 1.44 bits per heavy atom. The monoisotopic (exact) mass is 287 g/mol. The van der Waals surface area contributed by atoms with Crippen molar-refractivity contribution in [2.24, 2.45) is 0 Å². The van der Waals surface area contributed by atoms with E-state index in [4.69, 9.17) is 33.0 Å². The molecule has 0 bridgehead atoms. The molecule has 0 amide bonds. The van der Waals surface area contributed by atoms with Crippen molar-refractivity contribution in [1.29, 1.82) is 0 Å². The fraction of sp³-hybridized carbons (Fsp3) is 0.250. The maximum Gasteiger partial charge on any atom is 0.340 e. The van der Waals surface area contributed by atoms with Crippen LogP contribution in [0.15, 0.2) is 18.3 Å². The summed E-state index contributed by atoms with van der Waals surface area (Å²) in [5, 5.41) is 10.4. The van der Waals surface area contributed by atoms with Gasteiger partial charge in [0.2, 0.25) is 0 Å². The quantitative estimate of drug-likeness (QED) is 0.883. The van der Waals surface area contributed by atoms with Gasteiger partial charge in [-0.2, -0.15) is 0 Å². The Morgan fingerprint density at radius 3 is 2.78 bits per heavy atom. The van der Waals surface area contributed by atoms with Crippen molar-refractivity contribution in [3.8, 4) is 0 Å². The van der Waals surface area contributed by atoms with Crippen LogP contribution in [0, 0.1) is 0 Å². The van der Waals surface area contributed by atoms with Gasteiger partial charge in [0.25, 0.3) is 0 Å². The highest BCUT2D eigenvalue weighted by atomic mass is 35.5. The number of esters is 1. The number of hydrogen-bond donors (Lipinski definition) is 1. The fourth-order valence-electron chi connectivity index (χ4n) is 1.88. The zero-order valence-electron chi connectivity index (χ0n) is 9.61. The van der Waals surface area contributed by atoms with Gasteiger partial charge in [-0.05, 0) is 6.07 Å². The van der Waals surface area contributed by atoms with Crippen LogP contribution in [-0.2, 0) is 11.3 Å². The van der Waals surface area contributed by atoms with Crippen LogP contribution in [0.3, 0.4) is 0 Å². The van der Waals surface area contributed by atoms with E-state index in [2.05, 4.69) is 0 Å². The summed E-state index contributed by atoms with van der Waals surface area (Å²) in [4.78, 5) is 11.7. The maximum atomic E-state index is 11.7. The molecule has 0 unspecified atom stereocenters. The fourth-order valence-corrected chi connectivity index (χ4v) is 2.31. The van der Waals surface area contributed by atoms with Crippen molar-refractivity contribution in [3.63, 3.8) is 0 Å². The summed E-state index contributed by atoms with van der Waals surface area (Å²) in [5.41, 5.74) is 1.03. The van der Waals surface area contributed by atoms with Gasteiger partial charge in [-0.15, -0.1) is 0 Å². The molecule has 0 aliphatic rings. The third kappa shape index (κ3) is 2.07. The minimum atomic E-state index is -0.449. The number of aliphatic hydroxyl groups is 1. The molecule has 1 heterocycles. The maximum absolute atomic E-state index is 11.7.